The average molecular weight is 248 g/mol. The van der Waals surface area contributed by atoms with Crippen molar-refractivity contribution in [1.82, 2.24) is 9.80 Å². The molecule has 0 spiro atoms. The number of hydrogen-bond acceptors (Lipinski definition) is 4. The van der Waals surface area contributed by atoms with Crippen LogP contribution in [-0.4, -0.2) is 60.2 Å². The fourth-order valence-electron chi connectivity index (χ4n) is 2.43. The predicted octanol–water partition coefficient (Wildman–Crippen LogP) is -0.498. The molecule has 5 heteroatoms. The highest BCUT2D eigenvalue weighted by Crippen LogP contribution is 2.15. The second-order valence-corrected chi connectivity index (χ2v) is 5.26. The van der Waals surface area contributed by atoms with E-state index in [0.717, 1.165) is 19.6 Å². The van der Waals surface area contributed by atoms with Crippen LogP contribution >= 0.6 is 0 Å². The lowest BCUT2D eigenvalue weighted by molar-refractivity contribution is 0.264. The van der Waals surface area contributed by atoms with Crippen LogP contribution in [0.3, 0.4) is 0 Å². The van der Waals surface area contributed by atoms with E-state index in [4.69, 9.17) is 10.0 Å². The van der Waals surface area contributed by atoms with E-state index >= 15 is 0 Å². The molecule has 2 rings (SSSR count). The van der Waals surface area contributed by atoms with Crippen LogP contribution < -0.4 is 5.46 Å². The lowest BCUT2D eigenvalue weighted by atomic mass is 9.80. The van der Waals surface area contributed by atoms with E-state index < -0.39 is 7.12 Å². The molecule has 0 saturated carbocycles. The molecule has 1 aliphatic rings. The molecular formula is C13H21BN2O2. The summed E-state index contributed by atoms with van der Waals surface area (Å²) in [7, 11) is 2.89. The molecule has 0 bridgehead atoms. The Morgan fingerprint density at radius 3 is 2.44 bits per heavy atom. The Hall–Kier alpha value is -0.875. The van der Waals surface area contributed by atoms with Crippen molar-refractivity contribution >= 4 is 12.6 Å². The van der Waals surface area contributed by atoms with Crippen LogP contribution in [0.2, 0.25) is 0 Å². The standard InChI is InChI=1S/C13H21BN2O2/c1-15(2)13-7-8-16(10-13)9-11-3-5-12(6-4-11)14(17)18/h3-6,13,17-18H,7-10H2,1-2H3/t13-/m1/s1. The van der Waals surface area contributed by atoms with Crippen LogP contribution in [0.1, 0.15) is 12.0 Å². The van der Waals surface area contributed by atoms with Crippen LogP contribution in [-0.2, 0) is 6.54 Å². The van der Waals surface area contributed by atoms with Gasteiger partial charge in [0.2, 0.25) is 0 Å². The Kier molecular flexibility index (Phi) is 4.40. The second kappa shape index (κ2) is 5.84. The molecule has 98 valence electrons. The number of benzene rings is 1. The van der Waals surface area contributed by atoms with Gasteiger partial charge >= 0.3 is 7.12 Å². The normalized spacial score (nSPS) is 20.6. The summed E-state index contributed by atoms with van der Waals surface area (Å²) in [4.78, 5) is 4.72. The molecule has 0 amide bonds. The number of likely N-dealkylation sites (tertiary alicyclic amines) is 1. The fraction of sp³-hybridized carbons (Fsp3) is 0.538. The average Bonchev–Trinajstić information content (AvgIpc) is 2.78. The van der Waals surface area contributed by atoms with Crippen molar-refractivity contribution in [2.24, 2.45) is 0 Å². The molecule has 1 aromatic rings. The molecule has 1 saturated heterocycles. The summed E-state index contributed by atoms with van der Waals surface area (Å²) in [6, 6.07) is 8.15. The van der Waals surface area contributed by atoms with Gasteiger partial charge in [0.05, 0.1) is 0 Å². The minimum atomic E-state index is -1.37. The first-order chi connectivity index (χ1) is 8.56. The number of nitrogens with zero attached hydrogens (tertiary/aromatic N) is 2. The molecule has 0 radical (unpaired) electrons. The van der Waals surface area contributed by atoms with Crippen LogP contribution in [0.25, 0.3) is 0 Å². The van der Waals surface area contributed by atoms with Gasteiger partial charge in [-0.25, -0.2) is 0 Å². The smallest absolute Gasteiger partial charge is 0.423 e. The van der Waals surface area contributed by atoms with E-state index in [1.165, 1.54) is 12.0 Å². The van der Waals surface area contributed by atoms with Gasteiger partial charge in [0.1, 0.15) is 0 Å². The topological polar surface area (TPSA) is 46.9 Å². The Morgan fingerprint density at radius 2 is 1.94 bits per heavy atom. The van der Waals surface area contributed by atoms with Gasteiger partial charge in [-0.3, -0.25) is 4.90 Å². The maximum atomic E-state index is 9.03. The Bertz CT molecular complexity index is 381. The summed E-state index contributed by atoms with van der Waals surface area (Å²) in [5, 5.41) is 18.1. The first kappa shape index (κ1) is 13.6. The van der Waals surface area contributed by atoms with E-state index in [1.54, 1.807) is 12.1 Å². The van der Waals surface area contributed by atoms with Crippen LogP contribution in [0, 0.1) is 0 Å². The Labute approximate surface area is 109 Å². The van der Waals surface area contributed by atoms with Crippen molar-refractivity contribution < 1.29 is 10.0 Å². The third-order valence-corrected chi connectivity index (χ3v) is 3.66. The summed E-state index contributed by atoms with van der Waals surface area (Å²) in [6.07, 6.45) is 1.22. The highest BCUT2D eigenvalue weighted by molar-refractivity contribution is 6.58. The molecule has 1 fully saturated rings. The molecule has 1 aliphatic heterocycles. The first-order valence-electron chi connectivity index (χ1n) is 6.40. The highest BCUT2D eigenvalue weighted by Gasteiger charge is 2.23. The van der Waals surface area contributed by atoms with Crippen molar-refractivity contribution in [2.45, 2.75) is 19.0 Å². The number of hydrogen-bond donors (Lipinski definition) is 2. The SMILES string of the molecule is CN(C)[C@@H]1CCN(Cc2ccc(B(O)O)cc2)C1. The highest BCUT2D eigenvalue weighted by atomic mass is 16.4. The van der Waals surface area contributed by atoms with Gasteiger partial charge < -0.3 is 14.9 Å². The van der Waals surface area contributed by atoms with E-state index in [-0.39, 0.29) is 0 Å². The van der Waals surface area contributed by atoms with E-state index in [0.29, 0.717) is 11.5 Å². The van der Waals surface area contributed by atoms with Gasteiger partial charge in [0, 0.05) is 25.7 Å². The molecule has 18 heavy (non-hydrogen) atoms. The van der Waals surface area contributed by atoms with Crippen molar-refractivity contribution in [3.63, 3.8) is 0 Å². The van der Waals surface area contributed by atoms with Crippen LogP contribution in [0.4, 0.5) is 0 Å². The van der Waals surface area contributed by atoms with Crippen molar-refractivity contribution in [2.75, 3.05) is 27.2 Å². The lowest BCUT2D eigenvalue weighted by Crippen LogP contribution is -2.31. The van der Waals surface area contributed by atoms with Gasteiger partial charge in [-0.15, -0.1) is 0 Å². The summed E-state index contributed by atoms with van der Waals surface area (Å²) in [6.45, 7) is 3.18. The largest absolute Gasteiger partial charge is 0.488 e. The van der Waals surface area contributed by atoms with E-state index in [2.05, 4.69) is 23.9 Å². The van der Waals surface area contributed by atoms with Crippen molar-refractivity contribution in [3.05, 3.63) is 29.8 Å². The van der Waals surface area contributed by atoms with Gasteiger partial charge in [-0.05, 0) is 31.5 Å². The van der Waals surface area contributed by atoms with E-state index in [1.807, 2.05) is 12.1 Å². The summed E-state index contributed by atoms with van der Waals surface area (Å²) >= 11 is 0. The summed E-state index contributed by atoms with van der Waals surface area (Å²) in [5.74, 6) is 0. The summed E-state index contributed by atoms with van der Waals surface area (Å²) in [5.41, 5.74) is 1.77. The molecule has 1 heterocycles. The molecule has 0 unspecified atom stereocenters. The van der Waals surface area contributed by atoms with Gasteiger partial charge in [-0.1, -0.05) is 24.3 Å². The maximum Gasteiger partial charge on any atom is 0.488 e. The zero-order valence-corrected chi connectivity index (χ0v) is 11.1. The zero-order valence-electron chi connectivity index (χ0n) is 11.1. The molecule has 1 atom stereocenters. The van der Waals surface area contributed by atoms with Crippen molar-refractivity contribution in [3.8, 4) is 0 Å². The molecule has 1 aromatic carbocycles. The minimum Gasteiger partial charge on any atom is -0.423 e. The van der Waals surface area contributed by atoms with Crippen LogP contribution in [0.15, 0.2) is 24.3 Å². The molecule has 0 aliphatic carbocycles. The fourth-order valence-corrected chi connectivity index (χ4v) is 2.43. The van der Waals surface area contributed by atoms with Gasteiger partial charge in [0.25, 0.3) is 0 Å². The van der Waals surface area contributed by atoms with E-state index in [9.17, 15) is 0 Å². The second-order valence-electron chi connectivity index (χ2n) is 5.26. The number of likely N-dealkylation sites (N-methyl/N-ethyl adjacent to an activating group) is 1. The Morgan fingerprint density at radius 1 is 1.28 bits per heavy atom. The Balaban J connectivity index is 1.90. The molecular weight excluding hydrogens is 227 g/mol. The van der Waals surface area contributed by atoms with Gasteiger partial charge in [-0.2, -0.15) is 0 Å². The molecule has 4 nitrogen and oxygen atoms in total. The summed E-state index contributed by atoms with van der Waals surface area (Å²) < 4.78 is 0. The number of rotatable bonds is 4. The third kappa shape index (κ3) is 3.33. The predicted molar refractivity (Wildman–Crippen MR) is 73.6 cm³/mol. The quantitative estimate of drug-likeness (QED) is 0.705. The molecule has 2 N–H and O–H groups in total. The van der Waals surface area contributed by atoms with Gasteiger partial charge in [0.15, 0.2) is 0 Å². The zero-order chi connectivity index (χ0) is 13.1. The van der Waals surface area contributed by atoms with Crippen LogP contribution in [0.5, 0.6) is 0 Å². The lowest BCUT2D eigenvalue weighted by Gasteiger charge is -2.20. The van der Waals surface area contributed by atoms with Crippen molar-refractivity contribution in [1.29, 1.82) is 0 Å². The monoisotopic (exact) mass is 248 g/mol. The molecule has 0 aromatic heterocycles. The maximum absolute atomic E-state index is 9.03. The third-order valence-electron chi connectivity index (χ3n) is 3.66. The first-order valence-corrected chi connectivity index (χ1v) is 6.40. The minimum absolute atomic E-state index is 0.548.